The van der Waals surface area contributed by atoms with Crippen LogP contribution in [0.3, 0.4) is 0 Å². The molecule has 0 spiro atoms. The standard InChI is InChI=1S/C17H25N3S2.HI/c1-4-18-17(19-13-14(2)16-8-6-12-22-16)20(3)10-9-15-7-5-11-21-15;/h5-8,11-12,14H,4,9-10,13H2,1-3H3,(H,18,19);1H. The van der Waals surface area contributed by atoms with E-state index in [9.17, 15) is 0 Å². The zero-order valence-electron chi connectivity index (χ0n) is 14.0. The number of guanidine groups is 1. The largest absolute Gasteiger partial charge is 0.357 e. The van der Waals surface area contributed by atoms with Crippen LogP contribution in [-0.4, -0.2) is 37.5 Å². The van der Waals surface area contributed by atoms with Crippen molar-refractivity contribution >= 4 is 52.6 Å². The van der Waals surface area contributed by atoms with Crippen LogP contribution < -0.4 is 5.32 Å². The molecule has 0 amide bonds. The van der Waals surface area contributed by atoms with Gasteiger partial charge in [-0.05, 0) is 36.2 Å². The lowest BCUT2D eigenvalue weighted by atomic mass is 10.1. The Bertz CT molecular complexity index is 552. The van der Waals surface area contributed by atoms with Crippen molar-refractivity contribution in [2.24, 2.45) is 4.99 Å². The van der Waals surface area contributed by atoms with Crippen LogP contribution in [0.15, 0.2) is 40.0 Å². The van der Waals surface area contributed by atoms with Crippen molar-refractivity contribution in [1.29, 1.82) is 0 Å². The number of halogens is 1. The van der Waals surface area contributed by atoms with Gasteiger partial charge in [-0.15, -0.1) is 46.7 Å². The minimum absolute atomic E-state index is 0. The van der Waals surface area contributed by atoms with Crippen LogP contribution >= 0.6 is 46.7 Å². The zero-order chi connectivity index (χ0) is 15.8. The van der Waals surface area contributed by atoms with Gasteiger partial charge in [0.2, 0.25) is 0 Å². The Morgan fingerprint density at radius 2 is 2.00 bits per heavy atom. The van der Waals surface area contributed by atoms with E-state index >= 15 is 0 Å². The normalized spacial score (nSPS) is 12.6. The summed E-state index contributed by atoms with van der Waals surface area (Å²) in [7, 11) is 2.12. The van der Waals surface area contributed by atoms with E-state index in [-0.39, 0.29) is 24.0 Å². The average molecular weight is 463 g/mol. The number of aliphatic imine (C=N–C) groups is 1. The van der Waals surface area contributed by atoms with E-state index in [1.54, 1.807) is 0 Å². The predicted octanol–water partition coefficient (Wildman–Crippen LogP) is 4.67. The summed E-state index contributed by atoms with van der Waals surface area (Å²) in [5.41, 5.74) is 0. The molecule has 0 radical (unpaired) electrons. The number of rotatable bonds is 7. The first-order valence-corrected chi connectivity index (χ1v) is 9.52. The Morgan fingerprint density at radius 1 is 1.26 bits per heavy atom. The second-order valence-electron chi connectivity index (χ2n) is 5.36. The Hall–Kier alpha value is -0.600. The highest BCUT2D eigenvalue weighted by molar-refractivity contribution is 14.0. The maximum absolute atomic E-state index is 4.81. The first kappa shape index (κ1) is 20.4. The Kier molecular flexibility index (Phi) is 9.81. The molecule has 0 fully saturated rings. The first-order valence-electron chi connectivity index (χ1n) is 7.76. The number of hydrogen-bond acceptors (Lipinski definition) is 3. The van der Waals surface area contributed by atoms with Gasteiger partial charge in [-0.1, -0.05) is 19.1 Å². The highest BCUT2D eigenvalue weighted by Crippen LogP contribution is 2.20. The molecule has 0 aliphatic carbocycles. The second-order valence-corrected chi connectivity index (χ2v) is 7.37. The molecule has 2 aromatic rings. The maximum Gasteiger partial charge on any atom is 0.193 e. The molecule has 0 aromatic carbocycles. The summed E-state index contributed by atoms with van der Waals surface area (Å²) in [4.78, 5) is 9.87. The average Bonchev–Trinajstić information content (AvgIpc) is 3.21. The van der Waals surface area contributed by atoms with E-state index in [2.05, 4.69) is 66.1 Å². The van der Waals surface area contributed by atoms with Crippen LogP contribution in [0.5, 0.6) is 0 Å². The molecular weight excluding hydrogens is 437 g/mol. The van der Waals surface area contributed by atoms with Crippen molar-refractivity contribution in [3.05, 3.63) is 44.8 Å². The van der Waals surface area contributed by atoms with Crippen molar-refractivity contribution in [3.8, 4) is 0 Å². The third-order valence-electron chi connectivity index (χ3n) is 3.51. The van der Waals surface area contributed by atoms with E-state index in [1.807, 2.05) is 22.7 Å². The van der Waals surface area contributed by atoms with Gasteiger partial charge in [-0.25, -0.2) is 0 Å². The number of likely N-dealkylation sites (N-methyl/N-ethyl adjacent to an activating group) is 1. The van der Waals surface area contributed by atoms with Gasteiger partial charge in [0.25, 0.3) is 0 Å². The summed E-state index contributed by atoms with van der Waals surface area (Å²) in [6, 6.07) is 8.61. The molecule has 0 aliphatic heterocycles. The third kappa shape index (κ3) is 6.81. The third-order valence-corrected chi connectivity index (χ3v) is 5.55. The van der Waals surface area contributed by atoms with Gasteiger partial charge < -0.3 is 10.2 Å². The number of nitrogens with zero attached hydrogens (tertiary/aromatic N) is 2. The van der Waals surface area contributed by atoms with Gasteiger partial charge in [0, 0.05) is 35.8 Å². The lowest BCUT2D eigenvalue weighted by Gasteiger charge is -2.22. The van der Waals surface area contributed by atoms with E-state index in [4.69, 9.17) is 4.99 Å². The molecule has 3 nitrogen and oxygen atoms in total. The fourth-order valence-corrected chi connectivity index (χ4v) is 3.67. The van der Waals surface area contributed by atoms with Gasteiger partial charge in [0.05, 0.1) is 6.54 Å². The van der Waals surface area contributed by atoms with Crippen LogP contribution in [0.2, 0.25) is 0 Å². The zero-order valence-corrected chi connectivity index (χ0v) is 18.0. The molecule has 0 bridgehead atoms. The molecule has 0 saturated heterocycles. The number of thiophene rings is 2. The fourth-order valence-electron chi connectivity index (χ4n) is 2.19. The molecule has 1 N–H and O–H groups in total. The summed E-state index contributed by atoms with van der Waals surface area (Å²) in [6.07, 6.45) is 1.07. The lowest BCUT2D eigenvalue weighted by Crippen LogP contribution is -2.40. The van der Waals surface area contributed by atoms with Crippen molar-refractivity contribution in [1.82, 2.24) is 10.2 Å². The summed E-state index contributed by atoms with van der Waals surface area (Å²) in [5.74, 6) is 1.47. The molecule has 23 heavy (non-hydrogen) atoms. The second kappa shape index (κ2) is 11.0. The smallest absolute Gasteiger partial charge is 0.193 e. The predicted molar refractivity (Wildman–Crippen MR) is 115 cm³/mol. The van der Waals surface area contributed by atoms with Crippen LogP contribution in [-0.2, 0) is 6.42 Å². The molecule has 0 aliphatic rings. The summed E-state index contributed by atoms with van der Waals surface area (Å²) < 4.78 is 0. The van der Waals surface area contributed by atoms with Crippen LogP contribution in [0.4, 0.5) is 0 Å². The van der Waals surface area contributed by atoms with Gasteiger partial charge >= 0.3 is 0 Å². The molecular formula is C17H26IN3S2. The van der Waals surface area contributed by atoms with Crippen LogP contribution in [0.1, 0.15) is 29.5 Å². The van der Waals surface area contributed by atoms with Crippen molar-refractivity contribution in [2.45, 2.75) is 26.2 Å². The van der Waals surface area contributed by atoms with Crippen LogP contribution in [0, 0.1) is 0 Å². The molecule has 128 valence electrons. The SMILES string of the molecule is CCNC(=NCC(C)c1cccs1)N(C)CCc1cccs1.I. The Labute approximate surface area is 164 Å². The fraction of sp³-hybridized carbons (Fsp3) is 0.471. The van der Waals surface area contributed by atoms with E-state index in [0.717, 1.165) is 32.0 Å². The highest BCUT2D eigenvalue weighted by atomic mass is 127. The minimum atomic E-state index is 0. The van der Waals surface area contributed by atoms with Crippen LogP contribution in [0.25, 0.3) is 0 Å². The maximum atomic E-state index is 4.81. The first-order chi connectivity index (χ1) is 10.7. The summed E-state index contributed by atoms with van der Waals surface area (Å²) in [5, 5.41) is 7.66. The van der Waals surface area contributed by atoms with Gasteiger partial charge in [-0.3, -0.25) is 4.99 Å². The molecule has 6 heteroatoms. The highest BCUT2D eigenvalue weighted by Gasteiger charge is 2.09. The number of nitrogens with one attached hydrogen (secondary N) is 1. The lowest BCUT2D eigenvalue weighted by molar-refractivity contribution is 0.485. The Morgan fingerprint density at radius 3 is 2.61 bits per heavy atom. The van der Waals surface area contributed by atoms with Gasteiger partial charge in [-0.2, -0.15) is 0 Å². The molecule has 1 unspecified atom stereocenters. The molecule has 2 heterocycles. The quantitative estimate of drug-likeness (QED) is 0.367. The Balaban J connectivity index is 0.00000264. The van der Waals surface area contributed by atoms with E-state index < -0.39 is 0 Å². The molecule has 2 aromatic heterocycles. The van der Waals surface area contributed by atoms with Crippen molar-refractivity contribution < 1.29 is 0 Å². The van der Waals surface area contributed by atoms with Gasteiger partial charge in [0.15, 0.2) is 5.96 Å². The summed E-state index contributed by atoms with van der Waals surface area (Å²) >= 11 is 3.63. The molecule has 2 rings (SSSR count). The minimum Gasteiger partial charge on any atom is -0.357 e. The topological polar surface area (TPSA) is 27.6 Å². The summed E-state index contributed by atoms with van der Waals surface area (Å²) in [6.45, 7) is 7.07. The molecule has 1 atom stereocenters. The van der Waals surface area contributed by atoms with Crippen molar-refractivity contribution in [2.75, 3.05) is 26.7 Å². The van der Waals surface area contributed by atoms with Gasteiger partial charge in [0.1, 0.15) is 0 Å². The van der Waals surface area contributed by atoms with E-state index in [1.165, 1.54) is 9.75 Å². The monoisotopic (exact) mass is 463 g/mol. The van der Waals surface area contributed by atoms with Crippen molar-refractivity contribution in [3.63, 3.8) is 0 Å². The van der Waals surface area contributed by atoms with E-state index in [0.29, 0.717) is 5.92 Å². The number of hydrogen-bond donors (Lipinski definition) is 1. The molecule has 0 saturated carbocycles.